The Morgan fingerprint density at radius 3 is 2.17 bits per heavy atom. The molecule has 72 valence electrons. The first-order chi connectivity index (χ1) is 5.31. The summed E-state index contributed by atoms with van der Waals surface area (Å²) >= 11 is 0. The van der Waals surface area contributed by atoms with Crippen molar-refractivity contribution in [1.82, 2.24) is 0 Å². The number of hydrogen-bond acceptors (Lipinski definition) is 1. The molecule has 0 aliphatic rings. The van der Waals surface area contributed by atoms with Gasteiger partial charge in [-0.2, -0.15) is 0 Å². The van der Waals surface area contributed by atoms with Crippen molar-refractivity contribution in [2.24, 2.45) is 0 Å². The summed E-state index contributed by atoms with van der Waals surface area (Å²) in [6, 6.07) is 0. The van der Waals surface area contributed by atoms with Crippen molar-refractivity contribution in [3.63, 3.8) is 0 Å². The Hall–Kier alpha value is 0.726. The minimum Gasteiger partial charge on any atom is -1.00 e. The van der Waals surface area contributed by atoms with E-state index in [1.165, 1.54) is 25.7 Å². The second-order valence-corrected chi connectivity index (χ2v) is 3.29. The summed E-state index contributed by atoms with van der Waals surface area (Å²) in [5, 5.41) is 9.35. The van der Waals surface area contributed by atoms with Gasteiger partial charge in [0, 0.05) is 0 Å². The molecular weight excluding hydrogens is 160 g/mol. The van der Waals surface area contributed by atoms with Gasteiger partial charge in [-0.3, -0.25) is 0 Å². The van der Waals surface area contributed by atoms with E-state index in [1.807, 2.05) is 0 Å². The van der Waals surface area contributed by atoms with E-state index < -0.39 is 0 Å². The van der Waals surface area contributed by atoms with Gasteiger partial charge in [0.25, 0.3) is 0 Å². The molecule has 0 aromatic rings. The normalized spacial score (nSPS) is 12.2. The van der Waals surface area contributed by atoms with E-state index in [9.17, 15) is 5.11 Å². The van der Waals surface area contributed by atoms with E-state index in [4.69, 9.17) is 0 Å². The van der Waals surface area contributed by atoms with Crippen molar-refractivity contribution in [3.05, 3.63) is 0 Å². The predicted octanol–water partition coefficient (Wildman–Crippen LogP) is 2.96. The van der Waals surface area contributed by atoms with Crippen LogP contribution in [0.15, 0.2) is 0 Å². The van der Waals surface area contributed by atoms with Gasteiger partial charge in [0.1, 0.15) is 0 Å². The summed E-state index contributed by atoms with van der Waals surface area (Å²) in [6.07, 6.45) is 8.15. The molecular formula is C10H24MgO. The first kappa shape index (κ1) is 15.2. The van der Waals surface area contributed by atoms with E-state index in [0.29, 0.717) is 0 Å². The van der Waals surface area contributed by atoms with Crippen LogP contribution in [-0.4, -0.2) is 34.3 Å². The quantitative estimate of drug-likeness (QED) is 0.477. The molecule has 0 heterocycles. The summed E-state index contributed by atoms with van der Waals surface area (Å²) in [6.45, 7) is 4.33. The van der Waals surface area contributed by atoms with Gasteiger partial charge in [0.15, 0.2) is 0 Å². The molecule has 0 saturated heterocycles. The Balaban J connectivity index is -0.000000167. The molecule has 0 spiro atoms. The third-order valence-corrected chi connectivity index (χ3v) is 2.01. The second kappa shape index (κ2) is 11.7. The Kier molecular flexibility index (Phi) is 14.9. The second-order valence-electron chi connectivity index (χ2n) is 3.29. The molecule has 0 bridgehead atoms. The van der Waals surface area contributed by atoms with Gasteiger partial charge in [-0.25, -0.2) is 0 Å². The molecule has 0 aliphatic heterocycles. The fraction of sp³-hybridized carbons (Fsp3) is 1.00. The van der Waals surface area contributed by atoms with Crippen molar-refractivity contribution in [3.8, 4) is 0 Å². The molecule has 0 radical (unpaired) electrons. The van der Waals surface area contributed by atoms with E-state index in [2.05, 4.69) is 13.8 Å². The summed E-state index contributed by atoms with van der Waals surface area (Å²) in [7, 11) is 0. The largest absolute Gasteiger partial charge is 2.00 e. The van der Waals surface area contributed by atoms with Crippen LogP contribution < -0.4 is 0 Å². The predicted molar refractivity (Wildman–Crippen MR) is 57.7 cm³/mol. The fourth-order valence-corrected chi connectivity index (χ4v) is 1.28. The van der Waals surface area contributed by atoms with Crippen LogP contribution in [-0.2, 0) is 0 Å². The molecule has 2 heteroatoms. The summed E-state index contributed by atoms with van der Waals surface area (Å²) in [5.41, 5.74) is 0. The SMILES string of the molecule is CCCCCCC(O)CCC.[H-].[H-].[Mg+2]. The zero-order valence-electron chi connectivity index (χ0n) is 10.7. The number of hydrogen-bond donors (Lipinski definition) is 1. The van der Waals surface area contributed by atoms with Crippen molar-refractivity contribution < 1.29 is 7.96 Å². The maximum Gasteiger partial charge on any atom is 2.00 e. The maximum atomic E-state index is 9.35. The van der Waals surface area contributed by atoms with E-state index in [-0.39, 0.29) is 32.0 Å². The van der Waals surface area contributed by atoms with Crippen LogP contribution in [0.4, 0.5) is 0 Å². The topological polar surface area (TPSA) is 20.2 Å². The monoisotopic (exact) mass is 184 g/mol. The number of aliphatic hydroxyl groups is 1. The Labute approximate surface area is 96.1 Å². The van der Waals surface area contributed by atoms with Crippen molar-refractivity contribution in [1.29, 1.82) is 0 Å². The van der Waals surface area contributed by atoms with E-state index in [1.54, 1.807) is 0 Å². The molecule has 0 aromatic heterocycles. The van der Waals surface area contributed by atoms with Gasteiger partial charge in [0.05, 0.1) is 6.10 Å². The van der Waals surface area contributed by atoms with Crippen molar-refractivity contribution >= 4 is 23.1 Å². The molecule has 0 aromatic carbocycles. The zero-order valence-corrected chi connectivity index (χ0v) is 10.1. The van der Waals surface area contributed by atoms with Gasteiger partial charge >= 0.3 is 23.1 Å². The van der Waals surface area contributed by atoms with Crippen LogP contribution in [0, 0.1) is 0 Å². The third-order valence-electron chi connectivity index (χ3n) is 2.01. The standard InChI is InChI=1S/C10H22O.Mg.2H/c1-3-5-6-7-9-10(11)8-4-2;;;/h10-11H,3-9H2,1-2H3;;;/q;+2;2*-1. The minimum absolute atomic E-state index is 0. The Morgan fingerprint density at radius 2 is 1.67 bits per heavy atom. The molecule has 1 N–H and O–H groups in total. The van der Waals surface area contributed by atoms with Gasteiger partial charge in [0.2, 0.25) is 0 Å². The molecule has 1 unspecified atom stereocenters. The smallest absolute Gasteiger partial charge is 1.00 e. The average Bonchev–Trinajstić information content (AvgIpc) is 1.99. The maximum absolute atomic E-state index is 9.35. The van der Waals surface area contributed by atoms with Crippen molar-refractivity contribution in [2.45, 2.75) is 64.9 Å². The van der Waals surface area contributed by atoms with Crippen LogP contribution in [0.1, 0.15) is 61.6 Å². The van der Waals surface area contributed by atoms with Crippen LogP contribution in [0.5, 0.6) is 0 Å². The van der Waals surface area contributed by atoms with Crippen LogP contribution in [0.3, 0.4) is 0 Å². The van der Waals surface area contributed by atoms with Gasteiger partial charge in [-0.05, 0) is 12.8 Å². The Bertz CT molecular complexity index is 84.5. The average molecular weight is 185 g/mol. The van der Waals surface area contributed by atoms with Gasteiger partial charge in [-0.15, -0.1) is 0 Å². The minimum atomic E-state index is -0.0307. The van der Waals surface area contributed by atoms with Crippen LogP contribution >= 0.6 is 0 Å². The van der Waals surface area contributed by atoms with E-state index >= 15 is 0 Å². The van der Waals surface area contributed by atoms with Gasteiger partial charge < -0.3 is 7.96 Å². The molecule has 0 amide bonds. The molecule has 1 atom stereocenters. The number of unbranched alkanes of at least 4 members (excludes halogenated alkanes) is 3. The van der Waals surface area contributed by atoms with Gasteiger partial charge in [-0.1, -0.05) is 46.0 Å². The number of aliphatic hydroxyl groups excluding tert-OH is 1. The number of rotatable bonds is 7. The molecule has 0 rings (SSSR count). The molecule has 0 fully saturated rings. The molecule has 12 heavy (non-hydrogen) atoms. The van der Waals surface area contributed by atoms with Crippen LogP contribution in [0.25, 0.3) is 0 Å². The third kappa shape index (κ3) is 10.7. The van der Waals surface area contributed by atoms with Crippen molar-refractivity contribution in [2.75, 3.05) is 0 Å². The van der Waals surface area contributed by atoms with E-state index in [0.717, 1.165) is 19.3 Å². The fourth-order valence-electron chi connectivity index (χ4n) is 1.28. The summed E-state index contributed by atoms with van der Waals surface area (Å²) < 4.78 is 0. The molecule has 1 nitrogen and oxygen atoms in total. The first-order valence-corrected chi connectivity index (χ1v) is 4.99. The summed E-state index contributed by atoms with van der Waals surface area (Å²) in [5.74, 6) is 0. The Morgan fingerprint density at radius 1 is 1.00 bits per heavy atom. The zero-order chi connectivity index (χ0) is 8.53. The van der Waals surface area contributed by atoms with Crippen LogP contribution in [0.2, 0.25) is 0 Å². The molecule has 0 aliphatic carbocycles. The first-order valence-electron chi connectivity index (χ1n) is 4.99. The molecule has 0 saturated carbocycles. The summed E-state index contributed by atoms with van der Waals surface area (Å²) in [4.78, 5) is 0.